The number of aromatic nitrogens is 2. The van der Waals surface area contributed by atoms with E-state index in [-0.39, 0.29) is 5.95 Å². The summed E-state index contributed by atoms with van der Waals surface area (Å²) in [7, 11) is 3.29. The zero-order chi connectivity index (χ0) is 15.5. The maximum Gasteiger partial charge on any atom is 0.222 e. The van der Waals surface area contributed by atoms with Crippen molar-refractivity contribution in [2.45, 2.75) is 19.3 Å². The molecule has 1 aliphatic heterocycles. The van der Waals surface area contributed by atoms with Gasteiger partial charge in [-0.25, -0.2) is 4.98 Å². The average Bonchev–Trinajstić information content (AvgIpc) is 2.78. The van der Waals surface area contributed by atoms with Crippen molar-refractivity contribution in [2.75, 3.05) is 31.8 Å². The number of nitrogens with one attached hydrogen (secondary N) is 1. The van der Waals surface area contributed by atoms with E-state index in [4.69, 9.17) is 15.2 Å². The van der Waals surface area contributed by atoms with Crippen LogP contribution in [0.5, 0.6) is 11.5 Å². The summed E-state index contributed by atoms with van der Waals surface area (Å²) >= 11 is 0. The van der Waals surface area contributed by atoms with Crippen molar-refractivity contribution in [1.29, 1.82) is 0 Å². The van der Waals surface area contributed by atoms with Crippen LogP contribution < -0.4 is 20.5 Å². The zero-order valence-electron chi connectivity index (χ0n) is 12.8. The molecule has 6 nitrogen and oxygen atoms in total. The van der Waals surface area contributed by atoms with E-state index < -0.39 is 0 Å². The predicted molar refractivity (Wildman–Crippen MR) is 86.4 cm³/mol. The molecule has 0 amide bonds. The molecule has 0 saturated carbocycles. The molecule has 0 aliphatic carbocycles. The van der Waals surface area contributed by atoms with Gasteiger partial charge in [-0.2, -0.15) is 4.98 Å². The minimum atomic E-state index is 0.257. The Bertz CT molecular complexity index is 688. The van der Waals surface area contributed by atoms with Crippen LogP contribution in [0.15, 0.2) is 18.2 Å². The second kappa shape index (κ2) is 6.09. The highest BCUT2D eigenvalue weighted by atomic mass is 16.5. The lowest BCUT2D eigenvalue weighted by atomic mass is 10.0. The SMILES string of the molecule is COc1ccc(OC)c(-c2nc(N)nc3c2CCCCN3)c1. The molecular formula is C16H20N4O2. The Balaban J connectivity index is 2.21. The highest BCUT2D eigenvalue weighted by Gasteiger charge is 2.20. The second-order valence-electron chi connectivity index (χ2n) is 5.21. The largest absolute Gasteiger partial charge is 0.497 e. The van der Waals surface area contributed by atoms with Crippen molar-refractivity contribution in [3.05, 3.63) is 23.8 Å². The summed E-state index contributed by atoms with van der Waals surface area (Å²) in [6.07, 6.45) is 3.11. The molecule has 0 fully saturated rings. The third-order valence-electron chi connectivity index (χ3n) is 3.83. The maximum atomic E-state index is 5.90. The third-order valence-corrected chi connectivity index (χ3v) is 3.83. The van der Waals surface area contributed by atoms with Gasteiger partial charge in [0.2, 0.25) is 5.95 Å². The van der Waals surface area contributed by atoms with Gasteiger partial charge < -0.3 is 20.5 Å². The van der Waals surface area contributed by atoms with E-state index in [2.05, 4.69) is 15.3 Å². The number of nitrogens with zero attached hydrogens (tertiary/aromatic N) is 2. The molecule has 1 aliphatic rings. The standard InChI is InChI=1S/C16H20N4O2/c1-21-10-6-7-13(22-2)12(9-10)14-11-5-3-4-8-18-15(11)20-16(17)19-14/h6-7,9H,3-5,8H2,1-2H3,(H3,17,18,19,20). The number of hydrogen-bond acceptors (Lipinski definition) is 6. The van der Waals surface area contributed by atoms with Crippen LogP contribution in [0, 0.1) is 0 Å². The molecule has 0 bridgehead atoms. The number of rotatable bonds is 3. The van der Waals surface area contributed by atoms with Gasteiger partial charge in [-0.3, -0.25) is 0 Å². The van der Waals surface area contributed by atoms with Crippen molar-refractivity contribution in [2.24, 2.45) is 0 Å². The van der Waals surface area contributed by atoms with Crippen molar-refractivity contribution >= 4 is 11.8 Å². The van der Waals surface area contributed by atoms with Gasteiger partial charge in [-0.05, 0) is 37.5 Å². The van der Waals surface area contributed by atoms with Crippen LogP contribution in [0.1, 0.15) is 18.4 Å². The molecule has 0 radical (unpaired) electrons. The number of nitrogens with two attached hydrogens (primary N) is 1. The van der Waals surface area contributed by atoms with Gasteiger partial charge in [0.15, 0.2) is 0 Å². The Morgan fingerprint density at radius 3 is 2.77 bits per heavy atom. The zero-order valence-corrected chi connectivity index (χ0v) is 12.8. The molecule has 2 heterocycles. The molecule has 0 atom stereocenters. The topological polar surface area (TPSA) is 82.3 Å². The van der Waals surface area contributed by atoms with Crippen LogP contribution in [0.2, 0.25) is 0 Å². The van der Waals surface area contributed by atoms with Gasteiger partial charge in [0.1, 0.15) is 17.3 Å². The smallest absolute Gasteiger partial charge is 0.222 e. The third kappa shape index (κ3) is 2.64. The van der Waals surface area contributed by atoms with Gasteiger partial charge in [-0.1, -0.05) is 0 Å². The van der Waals surface area contributed by atoms with Gasteiger partial charge in [0.25, 0.3) is 0 Å². The normalized spacial score (nSPS) is 13.7. The number of hydrogen-bond donors (Lipinski definition) is 2. The van der Waals surface area contributed by atoms with E-state index in [9.17, 15) is 0 Å². The first-order valence-electron chi connectivity index (χ1n) is 7.35. The van der Waals surface area contributed by atoms with Crippen LogP contribution >= 0.6 is 0 Å². The van der Waals surface area contributed by atoms with Crippen LogP contribution in [0.4, 0.5) is 11.8 Å². The summed E-state index contributed by atoms with van der Waals surface area (Å²) in [6.45, 7) is 0.901. The van der Waals surface area contributed by atoms with Gasteiger partial charge >= 0.3 is 0 Å². The Labute approximate surface area is 129 Å². The van der Waals surface area contributed by atoms with Gasteiger partial charge in [0.05, 0.1) is 19.9 Å². The minimum Gasteiger partial charge on any atom is -0.497 e. The molecule has 6 heteroatoms. The molecule has 3 rings (SSSR count). The van der Waals surface area contributed by atoms with Gasteiger partial charge in [-0.15, -0.1) is 0 Å². The fourth-order valence-corrected chi connectivity index (χ4v) is 2.74. The van der Waals surface area contributed by atoms with E-state index in [1.165, 1.54) is 0 Å². The fourth-order valence-electron chi connectivity index (χ4n) is 2.74. The fraction of sp³-hybridized carbons (Fsp3) is 0.375. The lowest BCUT2D eigenvalue weighted by Gasteiger charge is -2.15. The number of methoxy groups -OCH3 is 2. The Kier molecular flexibility index (Phi) is 4.00. The molecule has 0 spiro atoms. The first-order chi connectivity index (χ1) is 10.7. The van der Waals surface area contributed by atoms with E-state index in [1.807, 2.05) is 18.2 Å². The first-order valence-corrected chi connectivity index (χ1v) is 7.35. The molecule has 0 unspecified atom stereocenters. The molecule has 1 aromatic heterocycles. The number of benzene rings is 1. The van der Waals surface area contributed by atoms with E-state index in [0.717, 1.165) is 59.9 Å². The lowest BCUT2D eigenvalue weighted by molar-refractivity contribution is 0.404. The Hall–Kier alpha value is -2.50. The molecule has 22 heavy (non-hydrogen) atoms. The van der Waals surface area contributed by atoms with Crippen LogP contribution in [-0.2, 0) is 6.42 Å². The van der Waals surface area contributed by atoms with E-state index >= 15 is 0 Å². The second-order valence-corrected chi connectivity index (χ2v) is 5.21. The van der Waals surface area contributed by atoms with Crippen molar-refractivity contribution < 1.29 is 9.47 Å². The summed E-state index contributed by atoms with van der Waals surface area (Å²) in [4.78, 5) is 8.81. The highest BCUT2D eigenvalue weighted by molar-refractivity contribution is 5.76. The number of fused-ring (bicyclic) bond motifs is 1. The molecular weight excluding hydrogens is 280 g/mol. The summed E-state index contributed by atoms with van der Waals surface area (Å²) in [6, 6.07) is 5.67. The van der Waals surface area contributed by atoms with Crippen molar-refractivity contribution in [3.63, 3.8) is 0 Å². The van der Waals surface area contributed by atoms with Gasteiger partial charge in [0, 0.05) is 17.7 Å². The number of ether oxygens (including phenoxy) is 2. The molecule has 1 aromatic carbocycles. The molecule has 116 valence electrons. The molecule has 3 N–H and O–H groups in total. The summed E-state index contributed by atoms with van der Waals surface area (Å²) in [5.74, 6) is 2.58. The van der Waals surface area contributed by atoms with Crippen LogP contribution in [-0.4, -0.2) is 30.7 Å². The van der Waals surface area contributed by atoms with Crippen molar-refractivity contribution in [1.82, 2.24) is 9.97 Å². The van der Waals surface area contributed by atoms with Crippen molar-refractivity contribution in [3.8, 4) is 22.8 Å². The summed E-state index contributed by atoms with van der Waals surface area (Å²) < 4.78 is 10.8. The van der Waals surface area contributed by atoms with E-state index in [0.29, 0.717) is 0 Å². The molecule has 2 aromatic rings. The number of anilines is 2. The highest BCUT2D eigenvalue weighted by Crippen LogP contribution is 2.37. The monoisotopic (exact) mass is 300 g/mol. The predicted octanol–water partition coefficient (Wildman–Crippen LogP) is 2.49. The maximum absolute atomic E-state index is 5.90. The quantitative estimate of drug-likeness (QED) is 0.906. The lowest BCUT2D eigenvalue weighted by Crippen LogP contribution is -2.08. The Morgan fingerprint density at radius 1 is 1.14 bits per heavy atom. The number of nitrogen functional groups attached to an aromatic ring is 1. The average molecular weight is 300 g/mol. The minimum absolute atomic E-state index is 0.257. The van der Waals surface area contributed by atoms with E-state index in [1.54, 1.807) is 14.2 Å². The van der Waals surface area contributed by atoms with Crippen LogP contribution in [0.25, 0.3) is 11.3 Å². The summed E-state index contributed by atoms with van der Waals surface area (Å²) in [5, 5.41) is 3.34. The first kappa shape index (κ1) is 14.4. The molecule has 0 saturated heterocycles. The summed E-state index contributed by atoms with van der Waals surface area (Å²) in [5.41, 5.74) is 8.66. The van der Waals surface area contributed by atoms with Crippen LogP contribution in [0.3, 0.4) is 0 Å². The Morgan fingerprint density at radius 2 is 2.00 bits per heavy atom.